The largest absolute Gasteiger partial charge is 0.347 e. The number of fused-ring (bicyclic) bond motifs is 1. The lowest BCUT2D eigenvalue weighted by Crippen LogP contribution is -2.31. The molecule has 1 aliphatic rings. The molecule has 120 valence electrons. The number of hydrogen-bond donors (Lipinski definition) is 0. The van der Waals surface area contributed by atoms with Crippen LogP contribution >= 0.6 is 0 Å². The Morgan fingerprint density at radius 3 is 2.77 bits per heavy atom. The number of aromatic nitrogens is 1. The normalized spacial score (nSPS) is 20.0. The van der Waals surface area contributed by atoms with Gasteiger partial charge in [0.05, 0.1) is 5.75 Å². The number of aryl methyl sites for hydroxylation is 1. The highest BCUT2D eigenvalue weighted by Gasteiger charge is 2.32. The van der Waals surface area contributed by atoms with Gasteiger partial charge in [0.15, 0.2) is 0 Å². The van der Waals surface area contributed by atoms with Gasteiger partial charge in [-0.15, -0.1) is 0 Å². The lowest BCUT2D eigenvalue weighted by Gasteiger charge is -2.17. The second-order valence-electron chi connectivity index (χ2n) is 6.20. The minimum absolute atomic E-state index is 0.283. The fourth-order valence-electron chi connectivity index (χ4n) is 3.38. The number of benzene rings is 1. The highest BCUT2D eigenvalue weighted by Crippen LogP contribution is 2.32. The Labute approximate surface area is 132 Å². The van der Waals surface area contributed by atoms with E-state index < -0.39 is 10.0 Å². The number of hydrogen-bond acceptors (Lipinski definition) is 2. The molecule has 1 aromatic heterocycles. The maximum absolute atomic E-state index is 12.3. The van der Waals surface area contributed by atoms with Gasteiger partial charge in [-0.3, -0.25) is 0 Å². The van der Waals surface area contributed by atoms with Gasteiger partial charge in [0.1, 0.15) is 0 Å². The molecule has 0 amide bonds. The monoisotopic (exact) mass is 320 g/mol. The van der Waals surface area contributed by atoms with Crippen LogP contribution in [0.5, 0.6) is 0 Å². The molecule has 0 aliphatic carbocycles. The van der Waals surface area contributed by atoms with E-state index in [1.165, 1.54) is 16.6 Å². The summed E-state index contributed by atoms with van der Waals surface area (Å²) >= 11 is 0. The van der Waals surface area contributed by atoms with Crippen LogP contribution in [0.3, 0.4) is 0 Å². The third-order valence-electron chi connectivity index (χ3n) is 4.71. The molecular weight excluding hydrogens is 296 g/mol. The molecule has 5 heteroatoms. The van der Waals surface area contributed by atoms with E-state index in [0.29, 0.717) is 19.0 Å². The average Bonchev–Trinajstić information content (AvgIpc) is 3.11. The van der Waals surface area contributed by atoms with Gasteiger partial charge in [-0.05, 0) is 30.4 Å². The SMILES string of the molecule is CCCCS(=O)(=O)N1CCC(c2cc3ccccc3n2C)C1. The summed E-state index contributed by atoms with van der Waals surface area (Å²) in [6.45, 7) is 3.30. The van der Waals surface area contributed by atoms with Crippen molar-refractivity contribution in [3.63, 3.8) is 0 Å². The van der Waals surface area contributed by atoms with E-state index in [2.05, 4.69) is 29.8 Å². The molecule has 0 bridgehead atoms. The zero-order chi connectivity index (χ0) is 15.7. The summed E-state index contributed by atoms with van der Waals surface area (Å²) in [5.41, 5.74) is 2.46. The molecular formula is C17H24N2O2S. The third-order valence-corrected chi connectivity index (χ3v) is 6.63. The lowest BCUT2D eigenvalue weighted by atomic mass is 10.1. The van der Waals surface area contributed by atoms with Crippen LogP contribution in [0, 0.1) is 0 Å². The van der Waals surface area contributed by atoms with Gasteiger partial charge in [-0.2, -0.15) is 0 Å². The van der Waals surface area contributed by atoms with E-state index in [1.54, 1.807) is 4.31 Å². The van der Waals surface area contributed by atoms with Crippen LogP contribution in [0.15, 0.2) is 30.3 Å². The van der Waals surface area contributed by atoms with Gasteiger partial charge in [0.2, 0.25) is 10.0 Å². The first-order valence-electron chi connectivity index (χ1n) is 8.05. The zero-order valence-corrected chi connectivity index (χ0v) is 14.1. The molecule has 1 atom stereocenters. The quantitative estimate of drug-likeness (QED) is 0.849. The minimum Gasteiger partial charge on any atom is -0.347 e. The molecule has 2 aromatic rings. The maximum Gasteiger partial charge on any atom is 0.214 e. The molecule has 1 unspecified atom stereocenters. The predicted molar refractivity (Wildman–Crippen MR) is 90.5 cm³/mol. The number of unbranched alkanes of at least 4 members (excludes halogenated alkanes) is 1. The summed E-state index contributed by atoms with van der Waals surface area (Å²) in [5.74, 6) is 0.583. The van der Waals surface area contributed by atoms with Crippen LogP contribution in [0.4, 0.5) is 0 Å². The van der Waals surface area contributed by atoms with Gasteiger partial charge in [-0.1, -0.05) is 31.5 Å². The van der Waals surface area contributed by atoms with Crippen molar-refractivity contribution in [1.82, 2.24) is 8.87 Å². The number of nitrogens with zero attached hydrogens (tertiary/aromatic N) is 2. The van der Waals surface area contributed by atoms with Crippen molar-refractivity contribution in [2.24, 2.45) is 7.05 Å². The number of para-hydroxylation sites is 1. The van der Waals surface area contributed by atoms with Crippen LogP contribution in [0.25, 0.3) is 10.9 Å². The Morgan fingerprint density at radius 1 is 1.27 bits per heavy atom. The van der Waals surface area contributed by atoms with E-state index in [0.717, 1.165) is 19.3 Å². The van der Waals surface area contributed by atoms with Crippen molar-refractivity contribution in [3.8, 4) is 0 Å². The van der Waals surface area contributed by atoms with E-state index in [9.17, 15) is 8.42 Å². The Kier molecular flexibility index (Phi) is 4.28. The van der Waals surface area contributed by atoms with Crippen molar-refractivity contribution in [2.45, 2.75) is 32.1 Å². The first-order chi connectivity index (χ1) is 10.5. The van der Waals surface area contributed by atoms with Gasteiger partial charge in [0, 0.05) is 37.3 Å². The molecule has 0 saturated carbocycles. The smallest absolute Gasteiger partial charge is 0.214 e. The molecule has 22 heavy (non-hydrogen) atoms. The Balaban J connectivity index is 1.81. The predicted octanol–water partition coefficient (Wildman–Crippen LogP) is 3.10. The van der Waals surface area contributed by atoms with Crippen LogP contribution in [-0.2, 0) is 17.1 Å². The maximum atomic E-state index is 12.3. The first kappa shape index (κ1) is 15.6. The highest BCUT2D eigenvalue weighted by molar-refractivity contribution is 7.89. The third kappa shape index (κ3) is 2.79. The van der Waals surface area contributed by atoms with Gasteiger partial charge in [-0.25, -0.2) is 12.7 Å². The van der Waals surface area contributed by atoms with E-state index >= 15 is 0 Å². The van der Waals surface area contributed by atoms with E-state index in [-0.39, 0.29) is 5.75 Å². The second-order valence-corrected chi connectivity index (χ2v) is 8.29. The van der Waals surface area contributed by atoms with Gasteiger partial charge < -0.3 is 4.57 Å². The van der Waals surface area contributed by atoms with Crippen molar-refractivity contribution >= 4 is 20.9 Å². The Bertz CT molecular complexity index is 764. The van der Waals surface area contributed by atoms with Crippen molar-refractivity contribution in [1.29, 1.82) is 0 Å². The van der Waals surface area contributed by atoms with Crippen LogP contribution in [0.2, 0.25) is 0 Å². The van der Waals surface area contributed by atoms with Gasteiger partial charge in [0.25, 0.3) is 0 Å². The van der Waals surface area contributed by atoms with Crippen molar-refractivity contribution in [3.05, 3.63) is 36.0 Å². The molecule has 1 aliphatic heterocycles. The summed E-state index contributed by atoms with van der Waals surface area (Å²) < 4.78 is 28.6. The highest BCUT2D eigenvalue weighted by atomic mass is 32.2. The van der Waals surface area contributed by atoms with Gasteiger partial charge >= 0.3 is 0 Å². The number of rotatable bonds is 5. The fourth-order valence-corrected chi connectivity index (χ4v) is 5.08. The Morgan fingerprint density at radius 2 is 2.05 bits per heavy atom. The molecule has 2 heterocycles. The topological polar surface area (TPSA) is 42.3 Å². The zero-order valence-electron chi connectivity index (χ0n) is 13.3. The summed E-state index contributed by atoms with van der Waals surface area (Å²) in [7, 11) is -1.01. The summed E-state index contributed by atoms with van der Waals surface area (Å²) in [6, 6.07) is 10.5. The summed E-state index contributed by atoms with van der Waals surface area (Å²) in [5, 5.41) is 1.23. The van der Waals surface area contributed by atoms with Crippen LogP contribution in [-0.4, -0.2) is 36.1 Å². The van der Waals surface area contributed by atoms with Crippen molar-refractivity contribution in [2.75, 3.05) is 18.8 Å². The molecule has 1 fully saturated rings. The molecule has 1 saturated heterocycles. The van der Waals surface area contributed by atoms with Crippen LogP contribution < -0.4 is 0 Å². The molecule has 0 N–H and O–H groups in total. The standard InChI is InChI=1S/C17H24N2O2S/c1-3-4-11-22(20,21)19-10-9-15(13-19)17-12-14-7-5-6-8-16(14)18(17)2/h5-8,12,15H,3-4,9-11,13H2,1-2H3. The van der Waals surface area contributed by atoms with E-state index in [1.807, 2.05) is 19.1 Å². The van der Waals surface area contributed by atoms with Crippen molar-refractivity contribution < 1.29 is 8.42 Å². The van der Waals surface area contributed by atoms with Crippen LogP contribution in [0.1, 0.15) is 37.8 Å². The molecule has 0 radical (unpaired) electrons. The lowest BCUT2D eigenvalue weighted by molar-refractivity contribution is 0.469. The minimum atomic E-state index is -3.08. The molecule has 1 aromatic carbocycles. The average molecular weight is 320 g/mol. The Hall–Kier alpha value is -1.33. The summed E-state index contributed by atoms with van der Waals surface area (Å²) in [4.78, 5) is 0. The molecule has 0 spiro atoms. The fraction of sp³-hybridized carbons (Fsp3) is 0.529. The summed E-state index contributed by atoms with van der Waals surface area (Å²) in [6.07, 6.45) is 2.58. The van der Waals surface area contributed by atoms with E-state index in [4.69, 9.17) is 0 Å². The number of sulfonamides is 1. The molecule has 4 nitrogen and oxygen atoms in total. The second kappa shape index (κ2) is 6.05. The first-order valence-corrected chi connectivity index (χ1v) is 9.66. The molecule has 3 rings (SSSR count).